The molecule has 4 heteroatoms. The van der Waals surface area contributed by atoms with Crippen molar-refractivity contribution in [1.82, 2.24) is 9.80 Å². The molecule has 2 rings (SSSR count). The number of hydrogen-bond acceptors (Lipinski definition) is 4. The van der Waals surface area contributed by atoms with Crippen molar-refractivity contribution in [1.29, 1.82) is 5.26 Å². The molecule has 0 saturated carbocycles. The quantitative estimate of drug-likeness (QED) is 0.841. The number of nitriles is 1. The Bertz CT molecular complexity index is 471. The van der Waals surface area contributed by atoms with Gasteiger partial charge in [-0.15, -0.1) is 0 Å². The van der Waals surface area contributed by atoms with E-state index in [-0.39, 0.29) is 0 Å². The molecule has 0 radical (unpaired) electrons. The maximum absolute atomic E-state index is 9.02. The maximum atomic E-state index is 9.02. The van der Waals surface area contributed by atoms with Gasteiger partial charge in [0.25, 0.3) is 0 Å². The minimum absolute atomic E-state index is 0.574. The summed E-state index contributed by atoms with van der Waals surface area (Å²) < 4.78 is 5.75. The Morgan fingerprint density at radius 2 is 1.90 bits per heavy atom. The van der Waals surface area contributed by atoms with Crippen LogP contribution in [0.2, 0.25) is 0 Å². The molecular weight excluding hydrogens is 250 g/mol. The third-order valence-corrected chi connectivity index (χ3v) is 4.11. The summed E-state index contributed by atoms with van der Waals surface area (Å²) in [4.78, 5) is 4.85. The predicted molar refractivity (Wildman–Crippen MR) is 79.8 cm³/mol. The van der Waals surface area contributed by atoms with Crippen LogP contribution in [0.25, 0.3) is 0 Å². The third-order valence-electron chi connectivity index (χ3n) is 4.11. The molecule has 108 valence electrons. The van der Waals surface area contributed by atoms with Gasteiger partial charge in [-0.2, -0.15) is 5.26 Å². The molecule has 1 aromatic carbocycles. The first-order valence-corrected chi connectivity index (χ1v) is 7.18. The molecule has 0 spiro atoms. The van der Waals surface area contributed by atoms with E-state index in [1.54, 1.807) is 6.07 Å². The monoisotopic (exact) mass is 273 g/mol. The molecule has 0 aromatic heterocycles. The zero-order valence-electron chi connectivity index (χ0n) is 12.5. The zero-order valence-corrected chi connectivity index (χ0v) is 12.5. The molecular formula is C16H23N3O. The lowest BCUT2D eigenvalue weighted by Gasteiger charge is -2.42. The van der Waals surface area contributed by atoms with Crippen molar-refractivity contribution in [3.05, 3.63) is 29.8 Å². The fourth-order valence-corrected chi connectivity index (χ4v) is 2.67. The number of benzene rings is 1. The molecule has 1 heterocycles. The second-order valence-corrected chi connectivity index (χ2v) is 5.58. The standard InChI is InChI=1S/C16H23N3O/c1-13-11-19(12-14(2)18(13)3)8-9-20-16-7-5-4-6-15(16)10-17/h4-7,13-14H,8-9,11-12H2,1-3H3. The molecule has 1 aliphatic rings. The van der Waals surface area contributed by atoms with Gasteiger partial charge in [-0.3, -0.25) is 9.80 Å². The van der Waals surface area contributed by atoms with Crippen molar-refractivity contribution < 1.29 is 4.74 Å². The molecule has 1 aliphatic heterocycles. The number of nitrogens with zero attached hydrogens (tertiary/aromatic N) is 3. The normalized spacial score (nSPS) is 24.3. The summed E-state index contributed by atoms with van der Waals surface area (Å²) in [6, 6.07) is 10.7. The number of piperazine rings is 1. The van der Waals surface area contributed by atoms with Crippen LogP contribution >= 0.6 is 0 Å². The van der Waals surface area contributed by atoms with Crippen LogP contribution in [-0.2, 0) is 0 Å². The van der Waals surface area contributed by atoms with Gasteiger partial charge >= 0.3 is 0 Å². The third kappa shape index (κ3) is 3.50. The van der Waals surface area contributed by atoms with Gasteiger partial charge in [0, 0.05) is 31.7 Å². The van der Waals surface area contributed by atoms with Crippen LogP contribution in [0.5, 0.6) is 5.75 Å². The van der Waals surface area contributed by atoms with E-state index >= 15 is 0 Å². The van der Waals surface area contributed by atoms with Crippen LogP contribution in [-0.4, -0.2) is 55.2 Å². The first-order chi connectivity index (χ1) is 9.61. The Kier molecular flexibility index (Phi) is 4.99. The van der Waals surface area contributed by atoms with Gasteiger partial charge in [0.2, 0.25) is 0 Å². The summed E-state index contributed by atoms with van der Waals surface area (Å²) in [5.41, 5.74) is 0.604. The summed E-state index contributed by atoms with van der Waals surface area (Å²) in [5, 5.41) is 9.02. The number of para-hydroxylation sites is 1. The van der Waals surface area contributed by atoms with Gasteiger partial charge in [-0.1, -0.05) is 12.1 Å². The topological polar surface area (TPSA) is 39.5 Å². The van der Waals surface area contributed by atoms with E-state index in [4.69, 9.17) is 10.00 Å². The molecule has 0 bridgehead atoms. The second kappa shape index (κ2) is 6.74. The first-order valence-electron chi connectivity index (χ1n) is 7.18. The van der Waals surface area contributed by atoms with E-state index in [2.05, 4.69) is 36.8 Å². The van der Waals surface area contributed by atoms with Gasteiger partial charge in [-0.25, -0.2) is 0 Å². The Morgan fingerprint density at radius 1 is 1.25 bits per heavy atom. The van der Waals surface area contributed by atoms with E-state index in [0.29, 0.717) is 30.0 Å². The van der Waals surface area contributed by atoms with Gasteiger partial charge in [0.1, 0.15) is 18.4 Å². The van der Waals surface area contributed by atoms with Crippen molar-refractivity contribution >= 4 is 0 Å². The van der Waals surface area contributed by atoms with E-state index in [9.17, 15) is 0 Å². The van der Waals surface area contributed by atoms with Crippen LogP contribution in [0.15, 0.2) is 24.3 Å². The molecule has 20 heavy (non-hydrogen) atoms. The van der Waals surface area contributed by atoms with Gasteiger partial charge in [0.15, 0.2) is 0 Å². The highest BCUT2D eigenvalue weighted by Gasteiger charge is 2.25. The Morgan fingerprint density at radius 3 is 2.55 bits per heavy atom. The Labute approximate surface area is 121 Å². The lowest BCUT2D eigenvalue weighted by Crippen LogP contribution is -2.55. The fraction of sp³-hybridized carbons (Fsp3) is 0.562. The number of ether oxygens (including phenoxy) is 1. The van der Waals surface area contributed by atoms with E-state index in [0.717, 1.165) is 19.6 Å². The van der Waals surface area contributed by atoms with Gasteiger partial charge in [0.05, 0.1) is 5.56 Å². The minimum atomic E-state index is 0.574. The van der Waals surface area contributed by atoms with Gasteiger partial charge in [-0.05, 0) is 33.0 Å². The van der Waals surface area contributed by atoms with Crippen molar-refractivity contribution in [3.8, 4) is 11.8 Å². The Hall–Kier alpha value is -1.57. The molecule has 1 aromatic rings. The number of hydrogen-bond donors (Lipinski definition) is 0. The van der Waals surface area contributed by atoms with E-state index < -0.39 is 0 Å². The average molecular weight is 273 g/mol. The molecule has 0 amide bonds. The summed E-state index contributed by atoms with van der Waals surface area (Å²) in [6.45, 7) is 8.20. The molecule has 1 saturated heterocycles. The van der Waals surface area contributed by atoms with Gasteiger partial charge < -0.3 is 4.74 Å². The van der Waals surface area contributed by atoms with E-state index in [1.165, 1.54) is 0 Å². The molecule has 4 nitrogen and oxygen atoms in total. The van der Waals surface area contributed by atoms with Crippen molar-refractivity contribution in [2.75, 3.05) is 33.3 Å². The second-order valence-electron chi connectivity index (χ2n) is 5.58. The van der Waals surface area contributed by atoms with Crippen molar-refractivity contribution in [2.45, 2.75) is 25.9 Å². The van der Waals surface area contributed by atoms with E-state index in [1.807, 2.05) is 18.2 Å². The molecule has 2 unspecified atom stereocenters. The highest BCUT2D eigenvalue weighted by molar-refractivity contribution is 5.42. The summed E-state index contributed by atoms with van der Waals surface area (Å²) >= 11 is 0. The van der Waals surface area contributed by atoms with Crippen molar-refractivity contribution in [2.24, 2.45) is 0 Å². The van der Waals surface area contributed by atoms with Crippen molar-refractivity contribution in [3.63, 3.8) is 0 Å². The van der Waals surface area contributed by atoms with Crippen LogP contribution in [0.3, 0.4) is 0 Å². The average Bonchev–Trinajstić information content (AvgIpc) is 2.45. The zero-order chi connectivity index (χ0) is 14.5. The highest BCUT2D eigenvalue weighted by atomic mass is 16.5. The smallest absolute Gasteiger partial charge is 0.137 e. The SMILES string of the molecule is CC1CN(CCOc2ccccc2C#N)CC(C)N1C. The maximum Gasteiger partial charge on any atom is 0.137 e. The van der Waals surface area contributed by atoms with Crippen LogP contribution in [0, 0.1) is 11.3 Å². The highest BCUT2D eigenvalue weighted by Crippen LogP contribution is 2.17. The Balaban J connectivity index is 1.83. The molecule has 0 N–H and O–H groups in total. The largest absolute Gasteiger partial charge is 0.491 e. The molecule has 2 atom stereocenters. The lowest BCUT2D eigenvalue weighted by atomic mass is 10.1. The van der Waals surface area contributed by atoms with Crippen LogP contribution < -0.4 is 4.74 Å². The molecule has 0 aliphatic carbocycles. The first kappa shape index (κ1) is 14.8. The fourth-order valence-electron chi connectivity index (χ4n) is 2.67. The number of likely N-dealkylation sites (N-methyl/N-ethyl adjacent to an activating group) is 1. The summed E-state index contributed by atoms with van der Waals surface area (Å²) in [6.07, 6.45) is 0. The predicted octanol–water partition coefficient (Wildman–Crippen LogP) is 1.96. The summed E-state index contributed by atoms with van der Waals surface area (Å²) in [5.74, 6) is 0.685. The molecule has 1 fully saturated rings. The lowest BCUT2D eigenvalue weighted by molar-refractivity contribution is 0.0522. The summed E-state index contributed by atoms with van der Waals surface area (Å²) in [7, 11) is 2.19. The van der Waals surface area contributed by atoms with Crippen LogP contribution in [0.4, 0.5) is 0 Å². The number of rotatable bonds is 4. The van der Waals surface area contributed by atoms with Crippen LogP contribution in [0.1, 0.15) is 19.4 Å². The minimum Gasteiger partial charge on any atom is -0.491 e.